The van der Waals surface area contributed by atoms with Crippen molar-refractivity contribution in [1.29, 1.82) is 0 Å². The zero-order valence-corrected chi connectivity index (χ0v) is 12.7. The van der Waals surface area contributed by atoms with Crippen LogP contribution in [-0.2, 0) is 16.0 Å². The highest BCUT2D eigenvalue weighted by molar-refractivity contribution is 5.93. The number of ether oxygens (including phenoxy) is 1. The Morgan fingerprint density at radius 1 is 1.25 bits per heavy atom. The molecule has 1 aromatic carbocycles. The van der Waals surface area contributed by atoms with Crippen LogP contribution in [0, 0.1) is 0 Å². The highest BCUT2D eigenvalue weighted by Gasteiger charge is 2.12. The summed E-state index contributed by atoms with van der Waals surface area (Å²) in [4.78, 5) is 24.5. The van der Waals surface area contributed by atoms with Crippen LogP contribution in [0.1, 0.15) is 36.2 Å². The van der Waals surface area contributed by atoms with E-state index in [1.54, 1.807) is 6.92 Å². The molecule has 0 aliphatic carbocycles. The van der Waals surface area contributed by atoms with Crippen LogP contribution in [0.4, 0.5) is 0 Å². The molecule has 0 saturated carbocycles. The summed E-state index contributed by atoms with van der Waals surface area (Å²) in [5, 5.41) is 0. The molecular weight excluding hydrogens is 254 g/mol. The molecule has 0 aliphatic heterocycles. The summed E-state index contributed by atoms with van der Waals surface area (Å²) in [6.45, 7) is 4.37. The second-order valence-corrected chi connectivity index (χ2v) is 5.11. The minimum atomic E-state index is -0.185. The van der Waals surface area contributed by atoms with Gasteiger partial charge in [-0.3, -0.25) is 9.59 Å². The molecule has 0 radical (unpaired) electrons. The van der Waals surface area contributed by atoms with Crippen LogP contribution in [0.2, 0.25) is 0 Å². The van der Waals surface area contributed by atoms with E-state index >= 15 is 0 Å². The van der Waals surface area contributed by atoms with E-state index in [0.717, 1.165) is 12.0 Å². The Bertz CT molecular complexity index is 453. The number of hydrogen-bond acceptors (Lipinski definition) is 4. The molecule has 1 atom stereocenters. The van der Waals surface area contributed by atoms with Gasteiger partial charge in [-0.25, -0.2) is 0 Å². The maximum Gasteiger partial charge on any atom is 0.306 e. The van der Waals surface area contributed by atoms with Crippen LogP contribution >= 0.6 is 0 Å². The molecule has 0 bridgehead atoms. The molecule has 0 saturated heterocycles. The standard InChI is InChI=1S/C16H23NO3/c1-12(17(3)10-9-16(19)20-4)11-14-5-7-15(8-6-14)13(2)18/h5-8,12H,9-11H2,1-4H3/t12-/m0/s1. The fourth-order valence-electron chi connectivity index (χ4n) is 1.96. The highest BCUT2D eigenvalue weighted by atomic mass is 16.5. The smallest absolute Gasteiger partial charge is 0.306 e. The number of nitrogens with zero attached hydrogens (tertiary/aromatic N) is 1. The number of esters is 1. The summed E-state index contributed by atoms with van der Waals surface area (Å²) in [5.41, 5.74) is 1.92. The number of carbonyl (C=O) groups excluding carboxylic acids is 2. The van der Waals surface area contributed by atoms with Crippen molar-refractivity contribution in [3.05, 3.63) is 35.4 Å². The lowest BCUT2D eigenvalue weighted by atomic mass is 10.0. The molecule has 110 valence electrons. The van der Waals surface area contributed by atoms with E-state index in [9.17, 15) is 9.59 Å². The van der Waals surface area contributed by atoms with Crippen molar-refractivity contribution in [2.75, 3.05) is 20.7 Å². The molecule has 20 heavy (non-hydrogen) atoms. The molecule has 1 aromatic rings. The molecule has 0 unspecified atom stereocenters. The third-order valence-electron chi connectivity index (χ3n) is 3.54. The maximum absolute atomic E-state index is 11.2. The predicted molar refractivity (Wildman–Crippen MR) is 78.9 cm³/mol. The summed E-state index contributed by atoms with van der Waals surface area (Å²) in [7, 11) is 3.40. The Kier molecular flexibility index (Phi) is 6.39. The molecule has 1 rings (SSSR count). The number of rotatable bonds is 7. The minimum absolute atomic E-state index is 0.0831. The molecule has 0 heterocycles. The van der Waals surface area contributed by atoms with Gasteiger partial charge in [0.2, 0.25) is 0 Å². The summed E-state index contributed by atoms with van der Waals surface area (Å²) < 4.78 is 4.64. The second-order valence-electron chi connectivity index (χ2n) is 5.11. The minimum Gasteiger partial charge on any atom is -0.469 e. The molecule has 0 aliphatic rings. The lowest BCUT2D eigenvalue weighted by Gasteiger charge is -2.24. The summed E-state index contributed by atoms with van der Waals surface area (Å²) in [6, 6.07) is 8.02. The molecule has 0 fully saturated rings. The van der Waals surface area contributed by atoms with Crippen molar-refractivity contribution in [3.63, 3.8) is 0 Å². The van der Waals surface area contributed by atoms with Gasteiger partial charge in [0.05, 0.1) is 13.5 Å². The largest absolute Gasteiger partial charge is 0.469 e. The van der Waals surface area contributed by atoms with E-state index in [4.69, 9.17) is 0 Å². The van der Waals surface area contributed by atoms with Crippen LogP contribution in [0.5, 0.6) is 0 Å². The van der Waals surface area contributed by atoms with Gasteiger partial charge in [-0.05, 0) is 32.9 Å². The lowest BCUT2D eigenvalue weighted by molar-refractivity contribution is -0.141. The zero-order valence-electron chi connectivity index (χ0n) is 12.7. The highest BCUT2D eigenvalue weighted by Crippen LogP contribution is 2.10. The maximum atomic E-state index is 11.2. The molecule has 4 heteroatoms. The average molecular weight is 277 g/mol. The number of Topliss-reactive ketones (excluding diaryl/α,β-unsaturated/α-hetero) is 1. The first kappa shape index (κ1) is 16.4. The van der Waals surface area contributed by atoms with Gasteiger partial charge in [0.25, 0.3) is 0 Å². The quantitative estimate of drug-likeness (QED) is 0.567. The van der Waals surface area contributed by atoms with Crippen LogP contribution in [-0.4, -0.2) is 43.4 Å². The van der Waals surface area contributed by atoms with Crippen molar-refractivity contribution >= 4 is 11.8 Å². The number of carbonyl (C=O) groups is 2. The van der Waals surface area contributed by atoms with E-state index in [0.29, 0.717) is 19.0 Å². The zero-order chi connectivity index (χ0) is 15.1. The first-order chi connectivity index (χ1) is 9.43. The van der Waals surface area contributed by atoms with Gasteiger partial charge in [0.15, 0.2) is 5.78 Å². The molecule has 0 amide bonds. The molecular formula is C16H23NO3. The monoisotopic (exact) mass is 277 g/mol. The van der Waals surface area contributed by atoms with Gasteiger partial charge >= 0.3 is 5.97 Å². The van der Waals surface area contributed by atoms with Gasteiger partial charge in [0, 0.05) is 18.2 Å². The Balaban J connectivity index is 2.50. The number of benzene rings is 1. The number of likely N-dealkylation sites (N-methyl/N-ethyl adjacent to an activating group) is 1. The fraction of sp³-hybridized carbons (Fsp3) is 0.500. The molecule has 0 N–H and O–H groups in total. The van der Waals surface area contributed by atoms with Gasteiger partial charge in [-0.15, -0.1) is 0 Å². The Morgan fingerprint density at radius 2 is 1.85 bits per heavy atom. The topological polar surface area (TPSA) is 46.6 Å². The van der Waals surface area contributed by atoms with Crippen molar-refractivity contribution in [3.8, 4) is 0 Å². The van der Waals surface area contributed by atoms with Crippen molar-refractivity contribution in [2.24, 2.45) is 0 Å². The average Bonchev–Trinajstić information content (AvgIpc) is 2.44. The van der Waals surface area contributed by atoms with Crippen molar-refractivity contribution in [2.45, 2.75) is 32.7 Å². The van der Waals surface area contributed by atoms with E-state index in [1.165, 1.54) is 12.7 Å². The first-order valence-corrected chi connectivity index (χ1v) is 6.81. The van der Waals surface area contributed by atoms with Crippen molar-refractivity contribution in [1.82, 2.24) is 4.90 Å². The van der Waals surface area contributed by atoms with Crippen LogP contribution in [0.25, 0.3) is 0 Å². The SMILES string of the molecule is COC(=O)CCN(C)[C@@H](C)Cc1ccc(C(C)=O)cc1. The second kappa shape index (κ2) is 7.80. The molecule has 0 aromatic heterocycles. The Labute approximate surface area is 120 Å². The van der Waals surface area contributed by atoms with Crippen LogP contribution in [0.3, 0.4) is 0 Å². The summed E-state index contributed by atoms with van der Waals surface area (Å²) >= 11 is 0. The van der Waals surface area contributed by atoms with Crippen LogP contribution in [0.15, 0.2) is 24.3 Å². The Morgan fingerprint density at radius 3 is 2.35 bits per heavy atom. The number of hydrogen-bond donors (Lipinski definition) is 0. The van der Waals surface area contributed by atoms with E-state index in [1.807, 2.05) is 31.3 Å². The van der Waals surface area contributed by atoms with E-state index in [-0.39, 0.29) is 11.8 Å². The van der Waals surface area contributed by atoms with Crippen LogP contribution < -0.4 is 0 Å². The van der Waals surface area contributed by atoms with Gasteiger partial charge in [-0.2, -0.15) is 0 Å². The van der Waals surface area contributed by atoms with E-state index in [2.05, 4.69) is 16.6 Å². The van der Waals surface area contributed by atoms with Gasteiger partial charge in [-0.1, -0.05) is 24.3 Å². The predicted octanol–water partition coefficient (Wildman–Crippen LogP) is 2.32. The number of methoxy groups -OCH3 is 1. The Hall–Kier alpha value is -1.68. The van der Waals surface area contributed by atoms with Gasteiger partial charge < -0.3 is 9.64 Å². The third kappa shape index (κ3) is 5.13. The summed E-state index contributed by atoms with van der Waals surface area (Å²) in [5.74, 6) is -0.102. The first-order valence-electron chi connectivity index (χ1n) is 6.81. The third-order valence-corrected chi connectivity index (χ3v) is 3.54. The van der Waals surface area contributed by atoms with Crippen molar-refractivity contribution < 1.29 is 14.3 Å². The fourth-order valence-corrected chi connectivity index (χ4v) is 1.96. The molecule has 0 spiro atoms. The van der Waals surface area contributed by atoms with Gasteiger partial charge in [0.1, 0.15) is 0 Å². The van der Waals surface area contributed by atoms with E-state index < -0.39 is 0 Å². The normalized spacial score (nSPS) is 12.2. The summed E-state index contributed by atoms with van der Waals surface area (Å²) in [6.07, 6.45) is 1.29. The lowest BCUT2D eigenvalue weighted by Crippen LogP contribution is -2.32. The molecule has 4 nitrogen and oxygen atoms in total. The number of ketones is 1.